The average Bonchev–Trinajstić information content (AvgIpc) is 2.36. The van der Waals surface area contributed by atoms with Crippen molar-refractivity contribution in [1.29, 1.82) is 0 Å². The van der Waals surface area contributed by atoms with E-state index >= 15 is 0 Å². The van der Waals surface area contributed by atoms with Gasteiger partial charge in [0.25, 0.3) is 0 Å². The second-order valence-corrected chi connectivity index (χ2v) is 8.25. The largest absolute Gasteiger partial charge is 0.398 e. The molecule has 1 aromatic rings. The minimum Gasteiger partial charge on any atom is -0.398 e. The van der Waals surface area contributed by atoms with Gasteiger partial charge in [0.1, 0.15) is 0 Å². The summed E-state index contributed by atoms with van der Waals surface area (Å²) < 4.78 is 10.9. The van der Waals surface area contributed by atoms with Crippen LogP contribution in [0.25, 0.3) is 0 Å². The lowest BCUT2D eigenvalue weighted by Crippen LogP contribution is -2.36. The maximum absolute atomic E-state index is 5.94. The Morgan fingerprint density at radius 2 is 1.94 bits per heavy atom. The Kier molecular flexibility index (Phi) is 5.65. The van der Waals surface area contributed by atoms with Crippen molar-refractivity contribution in [2.45, 2.75) is 25.9 Å². The summed E-state index contributed by atoms with van der Waals surface area (Å²) in [5, 5.41) is 3.35. The molecular weight excluding hydrogens is 244 g/mol. The lowest BCUT2D eigenvalue weighted by atomic mass is 10.2. The third-order valence-electron chi connectivity index (χ3n) is 3.19. The highest BCUT2D eigenvalue weighted by Gasteiger charge is 2.27. The molecule has 3 N–H and O–H groups in total. The van der Waals surface area contributed by atoms with Gasteiger partial charge in [0.2, 0.25) is 0 Å². The van der Waals surface area contributed by atoms with Gasteiger partial charge in [0, 0.05) is 20.8 Å². The lowest BCUT2D eigenvalue weighted by molar-refractivity contribution is 0.249. The lowest BCUT2D eigenvalue weighted by Gasteiger charge is -2.22. The third kappa shape index (κ3) is 4.32. The molecule has 0 fully saturated rings. The zero-order valence-corrected chi connectivity index (χ0v) is 12.7. The molecule has 18 heavy (non-hydrogen) atoms. The first-order valence-electron chi connectivity index (χ1n) is 6.21. The van der Waals surface area contributed by atoms with Gasteiger partial charge in [0.15, 0.2) is 0 Å². The zero-order chi connectivity index (χ0) is 13.6. The molecule has 0 saturated heterocycles. The highest BCUT2D eigenvalue weighted by Crippen LogP contribution is 2.20. The molecule has 5 heteroatoms. The summed E-state index contributed by atoms with van der Waals surface area (Å²) >= 11 is 0. The van der Waals surface area contributed by atoms with Crippen molar-refractivity contribution in [3.05, 3.63) is 23.8 Å². The molecule has 0 saturated carbocycles. The molecule has 0 bridgehead atoms. The van der Waals surface area contributed by atoms with Crippen LogP contribution >= 0.6 is 0 Å². The number of hydrogen-bond acceptors (Lipinski definition) is 4. The highest BCUT2D eigenvalue weighted by molar-refractivity contribution is 6.65. The van der Waals surface area contributed by atoms with Crippen molar-refractivity contribution >= 4 is 19.9 Å². The van der Waals surface area contributed by atoms with Crippen LogP contribution in [0.1, 0.15) is 12.0 Å². The molecule has 0 aliphatic heterocycles. The van der Waals surface area contributed by atoms with Crippen LogP contribution in [0.2, 0.25) is 12.6 Å². The fourth-order valence-electron chi connectivity index (χ4n) is 1.76. The van der Waals surface area contributed by atoms with E-state index in [4.69, 9.17) is 14.6 Å². The standard InChI is InChI=1S/C13H24N2O2Si/c1-11-6-7-13(12(14)10-11)15-8-5-9-18(4,16-2)17-3/h6-7,10,15H,5,8-9,14H2,1-4H3. The topological polar surface area (TPSA) is 56.5 Å². The van der Waals surface area contributed by atoms with E-state index in [-0.39, 0.29) is 0 Å². The molecule has 0 heterocycles. The quantitative estimate of drug-likeness (QED) is 0.453. The molecule has 0 radical (unpaired) electrons. The van der Waals surface area contributed by atoms with Gasteiger partial charge in [-0.1, -0.05) is 6.07 Å². The first-order chi connectivity index (χ1) is 8.50. The molecule has 0 aliphatic carbocycles. The Bertz CT molecular complexity index is 381. The Morgan fingerprint density at radius 3 is 2.50 bits per heavy atom. The van der Waals surface area contributed by atoms with Crippen LogP contribution in [-0.2, 0) is 8.85 Å². The highest BCUT2D eigenvalue weighted by atomic mass is 28.4. The number of hydrogen-bond donors (Lipinski definition) is 2. The van der Waals surface area contributed by atoms with Crippen molar-refractivity contribution in [3.8, 4) is 0 Å². The van der Waals surface area contributed by atoms with Crippen LogP contribution in [-0.4, -0.2) is 29.3 Å². The van der Waals surface area contributed by atoms with E-state index < -0.39 is 8.56 Å². The van der Waals surface area contributed by atoms with E-state index in [0.29, 0.717) is 0 Å². The van der Waals surface area contributed by atoms with Gasteiger partial charge >= 0.3 is 8.56 Å². The van der Waals surface area contributed by atoms with E-state index in [1.165, 1.54) is 5.56 Å². The number of nitrogen functional groups attached to an aromatic ring is 1. The van der Waals surface area contributed by atoms with E-state index in [9.17, 15) is 0 Å². The summed E-state index contributed by atoms with van der Waals surface area (Å²) in [6, 6.07) is 7.03. The van der Waals surface area contributed by atoms with E-state index in [0.717, 1.165) is 30.4 Å². The van der Waals surface area contributed by atoms with Gasteiger partial charge in [0.05, 0.1) is 11.4 Å². The summed E-state index contributed by atoms with van der Waals surface area (Å²) in [4.78, 5) is 0. The summed E-state index contributed by atoms with van der Waals surface area (Å²) in [6.07, 6.45) is 1.01. The molecular formula is C13H24N2O2Si. The zero-order valence-electron chi connectivity index (χ0n) is 11.7. The number of nitrogens with two attached hydrogens (primary N) is 1. The molecule has 102 valence electrons. The Hall–Kier alpha value is -1.04. The predicted octanol–water partition coefficient (Wildman–Crippen LogP) is 2.74. The van der Waals surface area contributed by atoms with Crippen LogP contribution in [0.5, 0.6) is 0 Å². The van der Waals surface area contributed by atoms with Crippen molar-refractivity contribution in [3.63, 3.8) is 0 Å². The summed E-state index contributed by atoms with van der Waals surface area (Å²) in [5.41, 5.74) is 8.91. The summed E-state index contributed by atoms with van der Waals surface area (Å²) in [6.45, 7) is 4.99. The minimum absolute atomic E-state index is 0.800. The first kappa shape index (κ1) is 15.0. The normalized spacial score (nSPS) is 11.6. The molecule has 0 aliphatic rings. The molecule has 1 aromatic carbocycles. The number of rotatable bonds is 7. The van der Waals surface area contributed by atoms with Gasteiger partial charge in [-0.15, -0.1) is 0 Å². The second-order valence-electron chi connectivity index (χ2n) is 4.66. The van der Waals surface area contributed by atoms with Gasteiger partial charge in [-0.3, -0.25) is 0 Å². The number of anilines is 2. The first-order valence-corrected chi connectivity index (χ1v) is 8.73. The molecule has 0 atom stereocenters. The van der Waals surface area contributed by atoms with Crippen LogP contribution in [0.4, 0.5) is 11.4 Å². The minimum atomic E-state index is -1.93. The maximum Gasteiger partial charge on any atom is 0.334 e. The molecule has 0 aromatic heterocycles. The monoisotopic (exact) mass is 268 g/mol. The Labute approximate surface area is 111 Å². The number of benzene rings is 1. The fraction of sp³-hybridized carbons (Fsp3) is 0.538. The SMILES string of the molecule is CO[Si](C)(CCCNc1ccc(C)cc1N)OC. The van der Waals surface area contributed by atoms with Gasteiger partial charge in [-0.05, 0) is 43.6 Å². The Balaban J connectivity index is 2.38. The smallest absolute Gasteiger partial charge is 0.334 e. The maximum atomic E-state index is 5.94. The van der Waals surface area contributed by atoms with Crippen molar-refractivity contribution in [1.82, 2.24) is 0 Å². The van der Waals surface area contributed by atoms with Crippen LogP contribution in [0.3, 0.4) is 0 Å². The van der Waals surface area contributed by atoms with Crippen LogP contribution in [0, 0.1) is 6.92 Å². The second kappa shape index (κ2) is 6.77. The van der Waals surface area contributed by atoms with Gasteiger partial charge in [-0.25, -0.2) is 0 Å². The summed E-state index contributed by atoms with van der Waals surface area (Å²) in [5.74, 6) is 0. The fourth-order valence-corrected chi connectivity index (χ4v) is 3.16. The molecule has 0 amide bonds. The van der Waals surface area contributed by atoms with E-state index in [1.807, 2.05) is 19.1 Å². The van der Waals surface area contributed by atoms with E-state index in [2.05, 4.69) is 17.9 Å². The van der Waals surface area contributed by atoms with Crippen LogP contribution < -0.4 is 11.1 Å². The van der Waals surface area contributed by atoms with Gasteiger partial charge in [-0.2, -0.15) is 0 Å². The molecule has 4 nitrogen and oxygen atoms in total. The average molecular weight is 268 g/mol. The van der Waals surface area contributed by atoms with Crippen molar-refractivity contribution in [2.24, 2.45) is 0 Å². The Morgan fingerprint density at radius 1 is 1.28 bits per heavy atom. The van der Waals surface area contributed by atoms with E-state index in [1.54, 1.807) is 14.2 Å². The third-order valence-corrected chi connectivity index (χ3v) is 6.18. The molecule has 0 unspecified atom stereocenters. The molecule has 0 spiro atoms. The number of aryl methyl sites for hydroxylation is 1. The van der Waals surface area contributed by atoms with Gasteiger partial charge < -0.3 is 19.9 Å². The molecule has 1 rings (SSSR count). The van der Waals surface area contributed by atoms with Crippen molar-refractivity contribution in [2.75, 3.05) is 31.8 Å². The summed E-state index contributed by atoms with van der Waals surface area (Å²) in [7, 11) is 1.52. The predicted molar refractivity (Wildman–Crippen MR) is 79.1 cm³/mol. The van der Waals surface area contributed by atoms with Crippen LogP contribution in [0.15, 0.2) is 18.2 Å². The van der Waals surface area contributed by atoms with Crippen molar-refractivity contribution < 1.29 is 8.85 Å². The number of nitrogens with one attached hydrogen (secondary N) is 1.